The largest absolute Gasteiger partial charge is 0.493 e. The number of fused-ring (bicyclic) bond motifs is 1. The number of aromatic nitrogens is 5. The van der Waals surface area contributed by atoms with Gasteiger partial charge in [0, 0.05) is 25.1 Å². The van der Waals surface area contributed by atoms with Crippen LogP contribution in [-0.2, 0) is 13.0 Å². The summed E-state index contributed by atoms with van der Waals surface area (Å²) in [5.74, 6) is 1.64. The molecule has 8 nitrogen and oxygen atoms in total. The van der Waals surface area contributed by atoms with Crippen LogP contribution in [0.25, 0.3) is 5.82 Å². The van der Waals surface area contributed by atoms with Crippen molar-refractivity contribution in [1.29, 1.82) is 0 Å². The normalized spacial score (nSPS) is 21.0. The smallest absolute Gasteiger partial charge is 0.267 e. The minimum absolute atomic E-state index is 0.0642. The van der Waals surface area contributed by atoms with Crippen LogP contribution in [-0.4, -0.2) is 37.2 Å². The Morgan fingerprint density at radius 2 is 2.03 bits per heavy atom. The lowest BCUT2D eigenvalue weighted by Gasteiger charge is -2.29. The molecule has 8 heteroatoms. The molecule has 0 amide bonds. The van der Waals surface area contributed by atoms with E-state index in [9.17, 15) is 4.79 Å². The molecule has 1 saturated carbocycles. The standard InChI is InChI=1S/C21H24N6O2/c28-21-8-7-20(26-14-22-13-24-26)25-27(21)18-4-2-17(3-5-18)23-12-15-1-6-19-16(11-15)9-10-29-19/h1,6-8,11,13-14,17-18,23H,2-5,9-10,12H2. The number of rotatable bonds is 5. The van der Waals surface area contributed by atoms with Crippen LogP contribution in [0.1, 0.15) is 42.9 Å². The first-order chi connectivity index (χ1) is 14.3. The molecule has 150 valence electrons. The number of hydrogen-bond donors (Lipinski definition) is 1. The summed E-state index contributed by atoms with van der Waals surface area (Å²) in [6.07, 6.45) is 7.97. The maximum Gasteiger partial charge on any atom is 0.267 e. The van der Waals surface area contributed by atoms with E-state index in [1.165, 1.54) is 17.5 Å². The molecule has 29 heavy (non-hydrogen) atoms. The van der Waals surface area contributed by atoms with Crippen LogP contribution in [0, 0.1) is 0 Å². The minimum atomic E-state index is -0.0642. The average molecular weight is 392 g/mol. The molecule has 5 rings (SSSR count). The zero-order valence-electron chi connectivity index (χ0n) is 16.2. The van der Waals surface area contributed by atoms with Gasteiger partial charge in [-0.25, -0.2) is 14.3 Å². The summed E-state index contributed by atoms with van der Waals surface area (Å²) < 4.78 is 8.77. The minimum Gasteiger partial charge on any atom is -0.493 e. The molecule has 3 aromatic rings. The van der Waals surface area contributed by atoms with Gasteiger partial charge in [-0.1, -0.05) is 12.1 Å². The second kappa shape index (κ2) is 7.79. The van der Waals surface area contributed by atoms with Gasteiger partial charge in [-0.05, 0) is 48.9 Å². The molecule has 1 aliphatic heterocycles. The first kappa shape index (κ1) is 18.1. The second-order valence-corrected chi connectivity index (χ2v) is 7.74. The van der Waals surface area contributed by atoms with Gasteiger partial charge in [-0.15, -0.1) is 5.10 Å². The monoisotopic (exact) mass is 392 g/mol. The molecule has 0 unspecified atom stereocenters. The highest BCUT2D eigenvalue weighted by Crippen LogP contribution is 2.28. The van der Waals surface area contributed by atoms with Gasteiger partial charge in [-0.2, -0.15) is 5.10 Å². The fourth-order valence-corrected chi connectivity index (χ4v) is 4.26. The predicted molar refractivity (Wildman–Crippen MR) is 107 cm³/mol. The lowest BCUT2D eigenvalue weighted by atomic mass is 9.91. The SMILES string of the molecule is O=c1ccc(-n2cncn2)nn1C1CCC(NCc2ccc3c(c2)CCO3)CC1. The molecule has 0 bridgehead atoms. The first-order valence-electron chi connectivity index (χ1n) is 10.2. The van der Waals surface area contributed by atoms with Crippen LogP contribution in [0.3, 0.4) is 0 Å². The summed E-state index contributed by atoms with van der Waals surface area (Å²) in [4.78, 5) is 16.3. The third kappa shape index (κ3) is 3.80. The van der Waals surface area contributed by atoms with Crippen molar-refractivity contribution >= 4 is 0 Å². The van der Waals surface area contributed by atoms with E-state index in [0.717, 1.165) is 51.0 Å². The molecule has 0 radical (unpaired) electrons. The van der Waals surface area contributed by atoms with Crippen molar-refractivity contribution in [3.63, 3.8) is 0 Å². The van der Waals surface area contributed by atoms with Crippen molar-refractivity contribution in [1.82, 2.24) is 29.9 Å². The topological polar surface area (TPSA) is 86.9 Å². The molecule has 1 N–H and O–H groups in total. The molecule has 1 fully saturated rings. The maximum absolute atomic E-state index is 12.4. The van der Waals surface area contributed by atoms with Gasteiger partial charge in [0.1, 0.15) is 18.4 Å². The van der Waals surface area contributed by atoms with E-state index < -0.39 is 0 Å². The van der Waals surface area contributed by atoms with Gasteiger partial charge >= 0.3 is 0 Å². The van der Waals surface area contributed by atoms with E-state index in [1.54, 1.807) is 27.8 Å². The van der Waals surface area contributed by atoms with Gasteiger partial charge < -0.3 is 10.1 Å². The first-order valence-corrected chi connectivity index (χ1v) is 10.2. The summed E-state index contributed by atoms with van der Waals surface area (Å²) in [5, 5.41) is 12.3. The van der Waals surface area contributed by atoms with Crippen LogP contribution in [0.15, 0.2) is 47.8 Å². The molecular weight excluding hydrogens is 368 g/mol. The number of ether oxygens (including phenoxy) is 1. The molecule has 3 heterocycles. The van der Waals surface area contributed by atoms with Gasteiger partial charge in [0.2, 0.25) is 0 Å². The van der Waals surface area contributed by atoms with Crippen molar-refractivity contribution in [2.24, 2.45) is 0 Å². The summed E-state index contributed by atoms with van der Waals surface area (Å²) in [6.45, 7) is 1.66. The van der Waals surface area contributed by atoms with Crippen LogP contribution in [0.4, 0.5) is 0 Å². The van der Waals surface area contributed by atoms with E-state index in [0.29, 0.717) is 11.9 Å². The Balaban J connectivity index is 1.20. The van der Waals surface area contributed by atoms with Crippen molar-refractivity contribution in [2.75, 3.05) is 6.61 Å². The highest BCUT2D eigenvalue weighted by molar-refractivity contribution is 5.39. The third-order valence-corrected chi connectivity index (χ3v) is 5.86. The van der Waals surface area contributed by atoms with Crippen molar-refractivity contribution in [2.45, 2.75) is 50.7 Å². The van der Waals surface area contributed by atoms with E-state index in [2.05, 4.69) is 38.7 Å². The molecule has 0 atom stereocenters. The second-order valence-electron chi connectivity index (χ2n) is 7.74. The summed E-state index contributed by atoms with van der Waals surface area (Å²) in [7, 11) is 0. The number of nitrogens with zero attached hydrogens (tertiary/aromatic N) is 5. The van der Waals surface area contributed by atoms with Crippen molar-refractivity contribution in [3.05, 3.63) is 64.5 Å². The molecule has 2 aliphatic rings. The number of benzene rings is 1. The molecule has 1 aromatic carbocycles. The molecular formula is C21H24N6O2. The highest BCUT2D eigenvalue weighted by atomic mass is 16.5. The Kier molecular flexibility index (Phi) is 4.85. The van der Waals surface area contributed by atoms with Crippen LogP contribution < -0.4 is 15.6 Å². The fraction of sp³-hybridized carbons (Fsp3) is 0.429. The fourth-order valence-electron chi connectivity index (χ4n) is 4.26. The Morgan fingerprint density at radius 3 is 2.86 bits per heavy atom. The third-order valence-electron chi connectivity index (χ3n) is 5.86. The lowest BCUT2D eigenvalue weighted by molar-refractivity contribution is 0.268. The van der Waals surface area contributed by atoms with Crippen LogP contribution in [0.2, 0.25) is 0 Å². The lowest BCUT2D eigenvalue weighted by Crippen LogP contribution is -2.36. The summed E-state index contributed by atoms with van der Waals surface area (Å²) in [5.41, 5.74) is 2.55. The molecule has 0 saturated heterocycles. The number of nitrogens with one attached hydrogen (secondary N) is 1. The summed E-state index contributed by atoms with van der Waals surface area (Å²) >= 11 is 0. The van der Waals surface area contributed by atoms with E-state index in [1.807, 2.05) is 0 Å². The van der Waals surface area contributed by atoms with Gasteiger partial charge in [-0.3, -0.25) is 4.79 Å². The Morgan fingerprint density at radius 1 is 1.14 bits per heavy atom. The quantitative estimate of drug-likeness (QED) is 0.715. The van der Waals surface area contributed by atoms with Crippen molar-refractivity contribution < 1.29 is 4.74 Å². The van der Waals surface area contributed by atoms with Gasteiger partial charge in [0.05, 0.1) is 12.6 Å². The Bertz CT molecular complexity index is 1040. The Hall–Kier alpha value is -3.00. The van der Waals surface area contributed by atoms with Gasteiger partial charge in [0.15, 0.2) is 5.82 Å². The number of hydrogen-bond acceptors (Lipinski definition) is 6. The van der Waals surface area contributed by atoms with Crippen LogP contribution >= 0.6 is 0 Å². The van der Waals surface area contributed by atoms with Gasteiger partial charge in [0.25, 0.3) is 5.56 Å². The predicted octanol–water partition coefficient (Wildman–Crippen LogP) is 2.03. The molecule has 0 spiro atoms. The molecule has 2 aromatic heterocycles. The Labute approximate surface area is 168 Å². The zero-order chi connectivity index (χ0) is 19.6. The maximum atomic E-state index is 12.4. The highest BCUT2D eigenvalue weighted by Gasteiger charge is 2.24. The average Bonchev–Trinajstić information content (AvgIpc) is 3.45. The van der Waals surface area contributed by atoms with E-state index in [4.69, 9.17) is 4.74 Å². The summed E-state index contributed by atoms with van der Waals surface area (Å²) in [6, 6.07) is 10.3. The van der Waals surface area contributed by atoms with E-state index >= 15 is 0 Å². The zero-order valence-corrected chi connectivity index (χ0v) is 16.2. The van der Waals surface area contributed by atoms with E-state index in [-0.39, 0.29) is 11.6 Å². The molecule has 1 aliphatic carbocycles. The van der Waals surface area contributed by atoms with Crippen molar-refractivity contribution in [3.8, 4) is 11.6 Å². The van der Waals surface area contributed by atoms with Crippen LogP contribution in [0.5, 0.6) is 5.75 Å².